The van der Waals surface area contributed by atoms with Crippen molar-refractivity contribution in [3.8, 4) is 0 Å². The summed E-state index contributed by atoms with van der Waals surface area (Å²) in [5.74, 6) is -0.711. The molecule has 3 aromatic rings. The summed E-state index contributed by atoms with van der Waals surface area (Å²) < 4.78 is 0. The quantitative estimate of drug-likeness (QED) is 0.332. The summed E-state index contributed by atoms with van der Waals surface area (Å²) >= 11 is 6.60. The smallest absolute Gasteiger partial charge is 0.322 e. The van der Waals surface area contributed by atoms with Crippen LogP contribution in [-0.4, -0.2) is 68.4 Å². The molecule has 44 heavy (non-hydrogen) atoms. The van der Waals surface area contributed by atoms with E-state index in [1.54, 1.807) is 23.2 Å². The molecule has 1 atom stereocenters. The molecule has 4 heterocycles. The number of nitrogens with one attached hydrogen (secondary N) is 2. The van der Waals surface area contributed by atoms with Crippen molar-refractivity contribution in [3.05, 3.63) is 94.8 Å². The van der Waals surface area contributed by atoms with Gasteiger partial charge in [0.25, 0.3) is 0 Å². The normalized spacial score (nSPS) is 19.6. The van der Waals surface area contributed by atoms with Gasteiger partial charge in [-0.3, -0.25) is 14.7 Å². The van der Waals surface area contributed by atoms with Crippen LogP contribution in [0.15, 0.2) is 73.1 Å². The van der Waals surface area contributed by atoms with Gasteiger partial charge in [0, 0.05) is 56.3 Å². The fourth-order valence-corrected chi connectivity index (χ4v) is 6.94. The van der Waals surface area contributed by atoms with Crippen LogP contribution in [0.2, 0.25) is 5.02 Å². The molecular weight excluding hydrogens is 578 g/mol. The average Bonchev–Trinajstić information content (AvgIpc) is 3.48. The first-order chi connectivity index (χ1) is 21.4. The summed E-state index contributed by atoms with van der Waals surface area (Å²) in [7, 11) is 0. The molecular formula is C33H36ClN7O3. The Bertz CT molecular complexity index is 1670. The highest BCUT2D eigenvalue weighted by Gasteiger charge is 2.36. The van der Waals surface area contributed by atoms with Gasteiger partial charge in [-0.25, -0.2) is 4.79 Å². The molecule has 2 aromatic carbocycles. The predicted molar refractivity (Wildman–Crippen MR) is 171 cm³/mol. The van der Waals surface area contributed by atoms with Gasteiger partial charge in [-0.05, 0) is 65.9 Å². The Morgan fingerprint density at radius 1 is 1.16 bits per heavy atom. The van der Waals surface area contributed by atoms with E-state index in [0.29, 0.717) is 57.0 Å². The molecule has 4 N–H and O–H groups in total. The highest BCUT2D eigenvalue weighted by Crippen LogP contribution is 2.35. The number of H-pyrrole nitrogens is 1. The maximum Gasteiger partial charge on any atom is 0.322 e. The number of benzene rings is 2. The Balaban J connectivity index is 1.18. The Hall–Kier alpha value is -4.57. The average molecular weight is 614 g/mol. The summed E-state index contributed by atoms with van der Waals surface area (Å²) in [4.78, 5) is 46.1. The first-order valence-corrected chi connectivity index (χ1v) is 15.3. The second-order valence-electron chi connectivity index (χ2n) is 11.6. The van der Waals surface area contributed by atoms with Crippen LogP contribution >= 0.6 is 11.6 Å². The number of allylic oxidation sites excluding steroid dienone is 2. The van der Waals surface area contributed by atoms with E-state index in [0.717, 1.165) is 38.9 Å². The van der Waals surface area contributed by atoms with E-state index in [1.165, 1.54) is 6.20 Å². The van der Waals surface area contributed by atoms with E-state index in [1.807, 2.05) is 46.2 Å². The predicted octanol–water partition coefficient (Wildman–Crippen LogP) is 4.73. The molecule has 0 spiro atoms. The van der Waals surface area contributed by atoms with Crippen molar-refractivity contribution in [2.45, 2.75) is 44.8 Å². The second-order valence-corrected chi connectivity index (χ2v) is 12.0. The van der Waals surface area contributed by atoms with Gasteiger partial charge in [0.15, 0.2) is 0 Å². The summed E-state index contributed by atoms with van der Waals surface area (Å²) in [6, 6.07) is 9.66. The number of aromatic nitrogens is 2. The van der Waals surface area contributed by atoms with Gasteiger partial charge < -0.3 is 25.8 Å². The lowest BCUT2D eigenvalue weighted by Gasteiger charge is -2.40. The minimum absolute atomic E-state index is 0.0412. The number of aromatic amines is 1. The number of halogens is 1. The maximum absolute atomic E-state index is 14.1. The minimum atomic E-state index is -0.557. The molecule has 0 radical (unpaired) electrons. The maximum atomic E-state index is 14.1. The number of hydrogen-bond donors (Lipinski definition) is 3. The highest BCUT2D eigenvalue weighted by molar-refractivity contribution is 6.35. The summed E-state index contributed by atoms with van der Waals surface area (Å²) in [6.07, 6.45) is 10.3. The fourth-order valence-electron chi connectivity index (χ4n) is 6.66. The highest BCUT2D eigenvalue weighted by atomic mass is 35.5. The van der Waals surface area contributed by atoms with Gasteiger partial charge >= 0.3 is 6.03 Å². The van der Waals surface area contributed by atoms with Crippen LogP contribution in [0.1, 0.15) is 36.0 Å². The third kappa shape index (κ3) is 5.81. The first kappa shape index (κ1) is 29.5. The van der Waals surface area contributed by atoms with Crippen LogP contribution in [0, 0.1) is 5.92 Å². The summed E-state index contributed by atoms with van der Waals surface area (Å²) in [5.41, 5.74) is 11.1. The van der Waals surface area contributed by atoms with Gasteiger partial charge in [0.2, 0.25) is 11.8 Å². The number of anilines is 1. The lowest BCUT2D eigenvalue weighted by Crippen LogP contribution is -2.51. The molecule has 1 fully saturated rings. The minimum Gasteiger partial charge on any atom is -0.405 e. The number of nitrogens with zero attached hydrogens (tertiary/aromatic N) is 4. The standard InChI is InChI=1S/C33H36ClN7O3/c1-2-5-21(8-11-35)18-40-20-27-23(15-28(34)31-26(27)17-36-38-31)14-24(32(40)43)16-30(42)39-12-9-25(10-13-39)41-19-22-6-3-4-7-29(22)37-33(41)44/h2-8,11,15,17,24-25H,1,9-10,12-14,16,18-20,35H2,(H,36,38)(H,37,44)/b11-8-,21-5+/t24-/m0/s1. The SMILES string of the molecule is C=C/C=C(\C=C/N)CN1Cc2c(cc(Cl)c3[nH]ncc23)C[C@@H](CC(=O)N2CCC(N3Cc4ccccc4NC3=O)CC2)C1=O. The third-order valence-corrected chi connectivity index (χ3v) is 9.22. The van der Waals surface area contributed by atoms with Crippen molar-refractivity contribution < 1.29 is 14.4 Å². The second kappa shape index (κ2) is 12.6. The van der Waals surface area contributed by atoms with Crippen LogP contribution < -0.4 is 11.1 Å². The Kier molecular flexibility index (Phi) is 8.43. The monoisotopic (exact) mass is 613 g/mol. The molecule has 11 heteroatoms. The van der Waals surface area contributed by atoms with Gasteiger partial charge in [-0.2, -0.15) is 5.10 Å². The first-order valence-electron chi connectivity index (χ1n) is 14.9. The molecule has 4 amide bonds. The number of rotatable bonds is 7. The number of likely N-dealkylation sites (tertiary alicyclic amines) is 1. The molecule has 1 saturated heterocycles. The van der Waals surface area contributed by atoms with Crippen molar-refractivity contribution in [1.82, 2.24) is 24.9 Å². The summed E-state index contributed by atoms with van der Waals surface area (Å²) in [6.45, 7) is 6.08. The van der Waals surface area contributed by atoms with Gasteiger partial charge in [-0.15, -0.1) is 0 Å². The lowest BCUT2D eigenvalue weighted by molar-refractivity contribution is -0.141. The number of fused-ring (bicyclic) bond motifs is 4. The molecule has 0 bridgehead atoms. The Labute approximate surface area is 261 Å². The number of amides is 4. The van der Waals surface area contributed by atoms with E-state index in [-0.39, 0.29) is 30.3 Å². The molecule has 6 rings (SSSR count). The van der Waals surface area contributed by atoms with Crippen molar-refractivity contribution in [3.63, 3.8) is 0 Å². The lowest BCUT2D eigenvalue weighted by atomic mass is 9.92. The molecule has 1 aromatic heterocycles. The molecule has 0 aliphatic carbocycles. The topological polar surface area (TPSA) is 128 Å². The molecule has 3 aliphatic heterocycles. The summed E-state index contributed by atoms with van der Waals surface area (Å²) in [5, 5.41) is 11.5. The van der Waals surface area contributed by atoms with Crippen LogP contribution in [0.5, 0.6) is 0 Å². The van der Waals surface area contributed by atoms with Crippen molar-refractivity contribution in [2.75, 3.05) is 25.0 Å². The van der Waals surface area contributed by atoms with Gasteiger partial charge in [0.1, 0.15) is 0 Å². The van der Waals surface area contributed by atoms with Crippen LogP contribution in [0.25, 0.3) is 10.9 Å². The number of carbonyl (C=O) groups is 3. The molecule has 3 aliphatic rings. The third-order valence-electron chi connectivity index (χ3n) is 8.92. The molecule has 0 unspecified atom stereocenters. The zero-order valence-electron chi connectivity index (χ0n) is 24.5. The van der Waals surface area contributed by atoms with E-state index >= 15 is 0 Å². The van der Waals surface area contributed by atoms with Crippen molar-refractivity contribution in [2.24, 2.45) is 11.7 Å². The number of piperidine rings is 1. The van der Waals surface area contributed by atoms with E-state index in [2.05, 4.69) is 22.1 Å². The number of nitrogens with two attached hydrogens (primary N) is 1. The van der Waals surface area contributed by atoms with Crippen LogP contribution in [0.3, 0.4) is 0 Å². The number of para-hydroxylation sites is 1. The number of hydrogen-bond acceptors (Lipinski definition) is 5. The molecule has 228 valence electrons. The van der Waals surface area contributed by atoms with Gasteiger partial charge in [-0.1, -0.05) is 48.5 Å². The van der Waals surface area contributed by atoms with E-state index < -0.39 is 5.92 Å². The number of urea groups is 1. The van der Waals surface area contributed by atoms with Crippen LogP contribution in [0.4, 0.5) is 10.5 Å². The number of carbonyl (C=O) groups excluding carboxylic acids is 3. The van der Waals surface area contributed by atoms with E-state index in [4.69, 9.17) is 17.3 Å². The molecule has 10 nitrogen and oxygen atoms in total. The fraction of sp³-hybridized carbons (Fsp3) is 0.333. The largest absolute Gasteiger partial charge is 0.405 e. The zero-order chi connectivity index (χ0) is 30.8. The Morgan fingerprint density at radius 3 is 2.73 bits per heavy atom. The molecule has 0 saturated carbocycles. The zero-order valence-corrected chi connectivity index (χ0v) is 25.2. The van der Waals surface area contributed by atoms with Crippen molar-refractivity contribution in [1.29, 1.82) is 0 Å². The van der Waals surface area contributed by atoms with Crippen molar-refractivity contribution >= 4 is 46.0 Å². The van der Waals surface area contributed by atoms with E-state index in [9.17, 15) is 14.4 Å². The van der Waals surface area contributed by atoms with Crippen LogP contribution in [-0.2, 0) is 29.1 Å². The van der Waals surface area contributed by atoms with Gasteiger partial charge in [0.05, 0.1) is 22.7 Å². The Morgan fingerprint density at radius 2 is 1.95 bits per heavy atom.